The first kappa shape index (κ1) is 11.2. The quantitative estimate of drug-likeness (QED) is 0.744. The van der Waals surface area contributed by atoms with Gasteiger partial charge in [0.2, 0.25) is 0 Å². The number of pyridine rings is 1. The van der Waals surface area contributed by atoms with Gasteiger partial charge in [-0.25, -0.2) is 0 Å². The third kappa shape index (κ3) is 1.48. The molecule has 4 rings (SSSR count). The molecule has 0 saturated carbocycles. The number of hydrogen-bond acceptors (Lipinski definition) is 3. The Morgan fingerprint density at radius 1 is 1.15 bits per heavy atom. The standard InChI is InChI=1S/C16H12N2O2/c1-9-6-7-11-13(17-9)8-20-15(11)14-10-4-2-3-5-12(10)18-16(14)19/h2-7H,8H2,1H3,(H,18,19)/b15-14-. The summed E-state index contributed by atoms with van der Waals surface area (Å²) < 4.78 is 5.75. The van der Waals surface area contributed by atoms with Gasteiger partial charge in [-0.05, 0) is 25.1 Å². The summed E-state index contributed by atoms with van der Waals surface area (Å²) in [6.45, 7) is 2.37. The molecule has 1 aromatic carbocycles. The first-order valence-electron chi connectivity index (χ1n) is 6.49. The van der Waals surface area contributed by atoms with E-state index in [0.717, 1.165) is 28.2 Å². The van der Waals surface area contributed by atoms with Gasteiger partial charge < -0.3 is 10.1 Å². The Kier molecular flexibility index (Phi) is 2.21. The van der Waals surface area contributed by atoms with E-state index in [1.807, 2.05) is 43.3 Å². The summed E-state index contributed by atoms with van der Waals surface area (Å²) in [6, 6.07) is 11.6. The summed E-state index contributed by atoms with van der Waals surface area (Å²) in [7, 11) is 0. The molecule has 0 bridgehead atoms. The lowest BCUT2D eigenvalue weighted by Gasteiger charge is -2.04. The van der Waals surface area contributed by atoms with Crippen molar-refractivity contribution in [2.24, 2.45) is 0 Å². The van der Waals surface area contributed by atoms with Crippen LogP contribution in [0.5, 0.6) is 0 Å². The molecule has 0 spiro atoms. The fourth-order valence-corrected chi connectivity index (χ4v) is 2.70. The predicted molar refractivity (Wildman–Crippen MR) is 75.6 cm³/mol. The first-order chi connectivity index (χ1) is 9.74. The van der Waals surface area contributed by atoms with Gasteiger partial charge in [0, 0.05) is 22.5 Å². The molecule has 1 amide bonds. The van der Waals surface area contributed by atoms with Crippen molar-refractivity contribution in [3.05, 3.63) is 58.9 Å². The van der Waals surface area contributed by atoms with Crippen LogP contribution in [0.15, 0.2) is 36.4 Å². The van der Waals surface area contributed by atoms with Crippen LogP contribution >= 0.6 is 0 Å². The summed E-state index contributed by atoms with van der Waals surface area (Å²) in [5, 5.41) is 2.87. The van der Waals surface area contributed by atoms with Gasteiger partial charge in [-0.15, -0.1) is 0 Å². The summed E-state index contributed by atoms with van der Waals surface area (Å²) in [6.07, 6.45) is 0. The molecule has 3 heterocycles. The van der Waals surface area contributed by atoms with Gasteiger partial charge in [-0.1, -0.05) is 18.2 Å². The number of amides is 1. The molecule has 1 N–H and O–H groups in total. The van der Waals surface area contributed by atoms with Gasteiger partial charge in [-0.3, -0.25) is 9.78 Å². The van der Waals surface area contributed by atoms with E-state index in [1.165, 1.54) is 0 Å². The zero-order chi connectivity index (χ0) is 13.7. The summed E-state index contributed by atoms with van der Waals surface area (Å²) in [5.41, 5.74) is 5.08. The Bertz CT molecular complexity index is 778. The van der Waals surface area contributed by atoms with Gasteiger partial charge in [0.25, 0.3) is 5.91 Å². The lowest BCUT2D eigenvalue weighted by Crippen LogP contribution is -2.05. The smallest absolute Gasteiger partial charge is 0.260 e. The number of fused-ring (bicyclic) bond motifs is 2. The topological polar surface area (TPSA) is 51.2 Å². The minimum atomic E-state index is -0.116. The van der Waals surface area contributed by atoms with Gasteiger partial charge >= 0.3 is 0 Å². The zero-order valence-electron chi connectivity index (χ0n) is 10.9. The van der Waals surface area contributed by atoms with E-state index < -0.39 is 0 Å². The van der Waals surface area contributed by atoms with Crippen molar-refractivity contribution in [3.8, 4) is 0 Å². The molecule has 0 aliphatic carbocycles. The van der Waals surface area contributed by atoms with Gasteiger partial charge in [-0.2, -0.15) is 0 Å². The Morgan fingerprint density at radius 3 is 2.90 bits per heavy atom. The Hall–Kier alpha value is -2.62. The van der Waals surface area contributed by atoms with Crippen molar-refractivity contribution in [2.75, 3.05) is 5.32 Å². The fraction of sp³-hybridized carbons (Fsp3) is 0.125. The van der Waals surface area contributed by atoms with Gasteiger partial charge in [0.1, 0.15) is 12.4 Å². The maximum atomic E-state index is 12.2. The van der Waals surface area contributed by atoms with Crippen LogP contribution in [0.3, 0.4) is 0 Å². The summed E-state index contributed by atoms with van der Waals surface area (Å²) in [4.78, 5) is 16.7. The first-order valence-corrected chi connectivity index (χ1v) is 6.49. The number of carbonyl (C=O) groups is 1. The lowest BCUT2D eigenvalue weighted by molar-refractivity contribution is -0.110. The van der Waals surface area contributed by atoms with E-state index in [0.29, 0.717) is 17.9 Å². The molecule has 98 valence electrons. The maximum absolute atomic E-state index is 12.2. The van der Waals surface area contributed by atoms with Crippen molar-refractivity contribution < 1.29 is 9.53 Å². The second-order valence-electron chi connectivity index (χ2n) is 4.94. The number of aromatic nitrogens is 1. The molecule has 0 fully saturated rings. The van der Waals surface area contributed by atoms with Crippen LogP contribution in [-0.2, 0) is 16.1 Å². The number of para-hydroxylation sites is 1. The summed E-state index contributed by atoms with van der Waals surface area (Å²) in [5.74, 6) is 0.518. The van der Waals surface area contributed by atoms with E-state index in [2.05, 4.69) is 10.3 Å². The van der Waals surface area contributed by atoms with Crippen LogP contribution in [0.2, 0.25) is 0 Å². The monoisotopic (exact) mass is 264 g/mol. The zero-order valence-corrected chi connectivity index (χ0v) is 10.9. The number of nitrogens with one attached hydrogen (secondary N) is 1. The number of aryl methyl sites for hydroxylation is 1. The SMILES string of the molecule is Cc1ccc2c(n1)CO/C2=C1\C(=O)Nc2ccccc21. The molecule has 20 heavy (non-hydrogen) atoms. The van der Waals surface area contributed by atoms with Crippen LogP contribution in [0.1, 0.15) is 22.5 Å². The van der Waals surface area contributed by atoms with E-state index in [1.54, 1.807) is 0 Å². The van der Waals surface area contributed by atoms with Crippen molar-refractivity contribution in [1.29, 1.82) is 0 Å². The molecule has 2 aromatic rings. The second-order valence-corrected chi connectivity index (χ2v) is 4.94. The molecule has 0 radical (unpaired) electrons. The molecule has 2 aliphatic rings. The molecule has 4 heteroatoms. The number of anilines is 1. The van der Waals surface area contributed by atoms with Crippen molar-refractivity contribution in [3.63, 3.8) is 0 Å². The maximum Gasteiger partial charge on any atom is 0.260 e. The highest BCUT2D eigenvalue weighted by Crippen LogP contribution is 2.40. The third-order valence-corrected chi connectivity index (χ3v) is 3.61. The van der Waals surface area contributed by atoms with Crippen molar-refractivity contribution >= 4 is 22.9 Å². The van der Waals surface area contributed by atoms with Gasteiger partial charge in [0.05, 0.1) is 11.3 Å². The number of rotatable bonds is 0. The number of benzene rings is 1. The van der Waals surface area contributed by atoms with Crippen LogP contribution in [0.4, 0.5) is 5.69 Å². The largest absolute Gasteiger partial charge is 0.486 e. The van der Waals surface area contributed by atoms with E-state index >= 15 is 0 Å². The number of ether oxygens (including phenoxy) is 1. The van der Waals surface area contributed by atoms with Crippen LogP contribution in [0, 0.1) is 6.92 Å². The highest BCUT2D eigenvalue weighted by Gasteiger charge is 2.32. The normalized spacial score (nSPS) is 19.4. The van der Waals surface area contributed by atoms with E-state index in [9.17, 15) is 4.79 Å². The van der Waals surface area contributed by atoms with Crippen LogP contribution in [-0.4, -0.2) is 10.9 Å². The number of nitrogens with zero attached hydrogens (tertiary/aromatic N) is 1. The van der Waals surface area contributed by atoms with Crippen molar-refractivity contribution in [2.45, 2.75) is 13.5 Å². The average molecular weight is 264 g/mol. The summed E-state index contributed by atoms with van der Waals surface area (Å²) >= 11 is 0. The number of carbonyl (C=O) groups excluding carboxylic acids is 1. The highest BCUT2D eigenvalue weighted by atomic mass is 16.5. The van der Waals surface area contributed by atoms with E-state index in [4.69, 9.17) is 4.74 Å². The minimum Gasteiger partial charge on any atom is -0.486 e. The molecule has 0 unspecified atom stereocenters. The molecule has 4 nitrogen and oxygen atoms in total. The lowest BCUT2D eigenvalue weighted by atomic mass is 10.0. The average Bonchev–Trinajstić information content (AvgIpc) is 2.97. The Labute approximate surface area is 116 Å². The van der Waals surface area contributed by atoms with Crippen molar-refractivity contribution in [1.82, 2.24) is 4.98 Å². The molecule has 2 aliphatic heterocycles. The second kappa shape index (κ2) is 3.93. The predicted octanol–water partition coefficient (Wildman–Crippen LogP) is 2.74. The van der Waals surface area contributed by atoms with Gasteiger partial charge in [0.15, 0.2) is 0 Å². The fourth-order valence-electron chi connectivity index (χ4n) is 2.70. The van der Waals surface area contributed by atoms with E-state index in [-0.39, 0.29) is 5.91 Å². The van der Waals surface area contributed by atoms with Crippen LogP contribution in [0.25, 0.3) is 11.3 Å². The minimum absolute atomic E-state index is 0.116. The third-order valence-electron chi connectivity index (χ3n) is 3.61. The highest BCUT2D eigenvalue weighted by molar-refractivity contribution is 6.36. The molecule has 1 aromatic heterocycles. The Morgan fingerprint density at radius 2 is 2.00 bits per heavy atom. The Balaban J connectivity index is 1.96. The molecular formula is C16H12N2O2. The molecule has 0 saturated heterocycles. The van der Waals surface area contributed by atoms with Crippen LogP contribution < -0.4 is 5.32 Å². The molecular weight excluding hydrogens is 252 g/mol. The number of hydrogen-bond donors (Lipinski definition) is 1. The molecule has 0 atom stereocenters.